The molecule has 0 saturated carbocycles. The number of ketones is 1. The molecule has 0 saturated heterocycles. The predicted octanol–water partition coefficient (Wildman–Crippen LogP) is 13.6. The third kappa shape index (κ3) is 16.8. The molecule has 0 spiro atoms. The minimum absolute atomic E-state index is 0.0596. The van der Waals surface area contributed by atoms with Crippen molar-refractivity contribution in [2.75, 3.05) is 0 Å². The van der Waals surface area contributed by atoms with Gasteiger partial charge in [-0.1, -0.05) is 170 Å². The van der Waals surface area contributed by atoms with Gasteiger partial charge in [-0.2, -0.15) is 0 Å². The van der Waals surface area contributed by atoms with Gasteiger partial charge in [0.05, 0.1) is 5.56 Å². The van der Waals surface area contributed by atoms with E-state index in [1.165, 1.54) is 24.3 Å². The molecule has 0 aliphatic heterocycles. The molecule has 14 nitrogen and oxygen atoms in total. The third-order valence-corrected chi connectivity index (χ3v) is 9.96. The van der Waals surface area contributed by atoms with Crippen molar-refractivity contribution in [2.45, 2.75) is 6.61 Å². The molecule has 0 unspecified atom stereocenters. The number of rotatable bonds is 13. The summed E-state index contributed by atoms with van der Waals surface area (Å²) in [6.07, 6.45) is -2.76. The van der Waals surface area contributed by atoms with Crippen LogP contribution in [0.5, 0.6) is 40.2 Å². The molecule has 0 radical (unpaired) electrons. The molecule has 75 heavy (non-hydrogen) atoms. The van der Waals surface area contributed by atoms with Crippen LogP contribution in [0, 0.1) is 0 Å². The van der Waals surface area contributed by atoms with Crippen LogP contribution in [0.1, 0.15) is 42.2 Å². The first kappa shape index (κ1) is 52.2. The van der Waals surface area contributed by atoms with Crippen molar-refractivity contribution in [1.82, 2.24) is 0 Å². The van der Waals surface area contributed by atoms with Crippen LogP contribution in [0.25, 0.3) is 0 Å². The number of ether oxygens (including phenoxy) is 8. The zero-order valence-corrected chi connectivity index (χ0v) is 39.7. The molecule has 9 rings (SSSR count). The van der Waals surface area contributed by atoms with Crippen LogP contribution in [-0.4, -0.2) is 36.2 Å². The van der Waals surface area contributed by atoms with Crippen molar-refractivity contribution in [2.24, 2.45) is 0 Å². The van der Waals surface area contributed by atoms with Gasteiger partial charge in [0.1, 0.15) is 58.0 Å². The van der Waals surface area contributed by atoms with E-state index in [-0.39, 0.29) is 40.8 Å². The Kier molecular flexibility index (Phi) is 19.3. The Labute approximate surface area is 430 Å². The molecule has 14 heteroatoms. The Morgan fingerprint density at radius 3 is 0.960 bits per heavy atom. The van der Waals surface area contributed by atoms with Gasteiger partial charge in [-0.25, -0.2) is 24.0 Å². The fraction of sp³-hybridized carbons (Fsp3) is 0.0164. The van der Waals surface area contributed by atoms with Crippen molar-refractivity contribution < 1.29 is 66.7 Å². The Hall–Kier alpha value is -10.6. The van der Waals surface area contributed by atoms with Crippen molar-refractivity contribution in [3.8, 4) is 40.2 Å². The largest absolute Gasteiger partial charge is 0.519 e. The van der Waals surface area contributed by atoms with Crippen molar-refractivity contribution in [3.63, 3.8) is 0 Å². The summed E-state index contributed by atoms with van der Waals surface area (Å²) >= 11 is 0. The average Bonchev–Trinajstić information content (AvgIpc) is 3.44. The summed E-state index contributed by atoms with van der Waals surface area (Å²) in [5, 5.41) is 0. The smallest absolute Gasteiger partial charge is 0.457 e. The Morgan fingerprint density at radius 2 is 0.560 bits per heavy atom. The van der Waals surface area contributed by atoms with Crippen LogP contribution >= 0.6 is 0 Å². The van der Waals surface area contributed by atoms with E-state index in [9.17, 15) is 28.8 Å². The van der Waals surface area contributed by atoms with Crippen LogP contribution in [0.3, 0.4) is 0 Å². The zero-order chi connectivity index (χ0) is 52.5. The van der Waals surface area contributed by atoms with Gasteiger partial charge in [0.25, 0.3) is 0 Å². The van der Waals surface area contributed by atoms with Gasteiger partial charge >= 0.3 is 30.4 Å². The van der Waals surface area contributed by atoms with E-state index in [1.54, 1.807) is 182 Å². The first-order valence-corrected chi connectivity index (χ1v) is 22.9. The van der Waals surface area contributed by atoms with E-state index in [1.807, 2.05) is 48.5 Å². The summed E-state index contributed by atoms with van der Waals surface area (Å²) in [5.41, 5.74) is 1.95. The van der Waals surface area contributed by atoms with Gasteiger partial charge in [-0.05, 0) is 90.5 Å². The lowest BCUT2D eigenvalue weighted by Gasteiger charge is -2.10. The van der Waals surface area contributed by atoms with Crippen LogP contribution in [-0.2, 0) is 11.3 Å². The van der Waals surface area contributed by atoms with Gasteiger partial charge in [0.15, 0.2) is 5.78 Å². The van der Waals surface area contributed by atoms with E-state index in [0.29, 0.717) is 34.1 Å². The van der Waals surface area contributed by atoms with Gasteiger partial charge in [0, 0.05) is 5.56 Å². The van der Waals surface area contributed by atoms with Gasteiger partial charge in [-0.15, -0.1) is 0 Å². The maximum Gasteiger partial charge on any atom is 0.519 e. The molecule has 0 aliphatic rings. The number of benzene rings is 9. The van der Waals surface area contributed by atoms with Crippen LogP contribution in [0.15, 0.2) is 255 Å². The normalized spacial score (nSPS) is 9.97. The highest BCUT2D eigenvalue weighted by atomic mass is 16.7. The number of esters is 2. The fourth-order valence-electron chi connectivity index (χ4n) is 6.47. The molecule has 9 aromatic carbocycles. The highest BCUT2D eigenvalue weighted by Crippen LogP contribution is 2.25. The van der Waals surface area contributed by atoms with E-state index in [4.69, 9.17) is 37.9 Å². The quantitative estimate of drug-likeness (QED) is 0.0461. The summed E-state index contributed by atoms with van der Waals surface area (Å²) < 4.78 is 41.3. The minimum atomic E-state index is -0.939. The van der Waals surface area contributed by atoms with E-state index < -0.39 is 30.4 Å². The number of hydrogen-bond donors (Lipinski definition) is 0. The molecule has 0 aromatic heterocycles. The predicted molar refractivity (Wildman–Crippen MR) is 275 cm³/mol. The summed E-state index contributed by atoms with van der Waals surface area (Å²) in [4.78, 5) is 73.0. The monoisotopic (exact) mass is 1000 g/mol. The lowest BCUT2D eigenvalue weighted by atomic mass is 10.0. The molecule has 372 valence electrons. The molecule has 0 fully saturated rings. The maximum absolute atomic E-state index is 12.6. The van der Waals surface area contributed by atoms with Crippen LogP contribution < -0.4 is 33.2 Å². The third-order valence-electron chi connectivity index (χ3n) is 9.96. The first-order valence-electron chi connectivity index (χ1n) is 22.9. The highest BCUT2D eigenvalue weighted by Gasteiger charge is 2.21. The Balaban J connectivity index is 0.000000164. The number of carbonyl (C=O) groups is 6. The molecule has 0 atom stereocenters. The highest BCUT2D eigenvalue weighted by molar-refractivity contribution is 6.11. The number of hydrogen-bond acceptors (Lipinski definition) is 14. The first-order chi connectivity index (χ1) is 36.7. The lowest BCUT2D eigenvalue weighted by molar-refractivity contribution is 0.0468. The number of para-hydroxylation sites is 7. The van der Waals surface area contributed by atoms with Crippen LogP contribution in [0.2, 0.25) is 0 Å². The molecule has 0 amide bonds. The van der Waals surface area contributed by atoms with E-state index in [2.05, 4.69) is 0 Å². The Morgan fingerprint density at radius 1 is 0.267 bits per heavy atom. The second kappa shape index (κ2) is 27.7. The summed E-state index contributed by atoms with van der Waals surface area (Å²) in [7, 11) is 0. The molecule has 9 aromatic rings. The van der Waals surface area contributed by atoms with Crippen molar-refractivity contribution in [1.29, 1.82) is 0 Å². The molecule has 0 aliphatic carbocycles. The lowest BCUT2D eigenvalue weighted by Crippen LogP contribution is -2.17. The second-order valence-corrected chi connectivity index (χ2v) is 15.2. The zero-order valence-electron chi connectivity index (χ0n) is 39.7. The maximum atomic E-state index is 12.6. The fourth-order valence-corrected chi connectivity index (χ4v) is 6.47. The van der Waals surface area contributed by atoms with Crippen molar-refractivity contribution in [3.05, 3.63) is 283 Å². The summed E-state index contributed by atoms with van der Waals surface area (Å²) in [6, 6.07) is 71.6. The molecular weight excluding hydrogens is 957 g/mol. The molecule has 0 N–H and O–H groups in total. The minimum Gasteiger partial charge on any atom is -0.457 e. The summed E-state index contributed by atoms with van der Waals surface area (Å²) in [5.74, 6) is 0.315. The van der Waals surface area contributed by atoms with E-state index in [0.717, 1.165) is 5.56 Å². The van der Waals surface area contributed by atoms with Gasteiger partial charge in [0.2, 0.25) is 0 Å². The molecule has 0 heterocycles. The Bertz CT molecular complexity index is 3280. The topological polar surface area (TPSA) is 176 Å². The standard InChI is InChI=1S/C21H16O5.C20H14O5.C20H14O4/c22-20(24-15-16-9-3-1-4-10-16)18-13-7-8-14-19(18)26-21(23)25-17-11-5-2-6-12-17;21-19(23-15-9-3-1-4-10-15)17-13-7-8-14-18(17)25-20(22)24-16-11-5-2-6-12-16;21-19(15-9-3-1-4-10-15)17-13-7-8-14-18(17)24-20(22)23-16-11-5-2-6-12-16/h1-14H,15H2;1-14H;1-14H. The SMILES string of the molecule is O=C(Oc1ccccc1)Oc1ccccc1C(=O)OCc1ccccc1.O=C(Oc1ccccc1)Oc1ccccc1C(=O)Oc1ccccc1.O=C(Oc1ccccc1)Oc1ccccc1C(=O)c1ccccc1. The average molecular weight is 1000 g/mol. The van der Waals surface area contributed by atoms with Crippen molar-refractivity contribution >= 4 is 36.2 Å². The second-order valence-electron chi connectivity index (χ2n) is 15.2. The summed E-state index contributed by atoms with van der Waals surface area (Å²) in [6.45, 7) is 0.127. The van der Waals surface area contributed by atoms with Gasteiger partial charge < -0.3 is 37.9 Å². The van der Waals surface area contributed by atoms with Gasteiger partial charge in [-0.3, -0.25) is 4.79 Å². The number of carbonyl (C=O) groups excluding carboxylic acids is 6. The molecule has 0 bridgehead atoms. The van der Waals surface area contributed by atoms with E-state index >= 15 is 0 Å². The van der Waals surface area contributed by atoms with Crippen LogP contribution in [0.4, 0.5) is 14.4 Å². The molecular formula is C61H44O14.